The molecule has 1 aliphatic heterocycles. The number of carbonyl (C=O) groups excluding carboxylic acids is 1. The minimum absolute atomic E-state index is 0.275. The Morgan fingerprint density at radius 1 is 1.41 bits per heavy atom. The van der Waals surface area contributed by atoms with Crippen LogP contribution >= 0.6 is 0 Å². The number of hydrogen-bond acceptors (Lipinski definition) is 2. The lowest BCUT2D eigenvalue weighted by atomic mass is 9.90. The Kier molecular flexibility index (Phi) is 5.44. The first kappa shape index (κ1) is 14.5. The number of carbonyl (C=O) groups is 1. The molecule has 0 aliphatic carbocycles. The van der Waals surface area contributed by atoms with E-state index in [0.717, 1.165) is 6.54 Å². The standard InChI is InChI=1S/C14H28N2O/c1-10(2)12(4)16(5)14(17)9-13-11(3)7-6-8-15-13/h10-13,15H,6-9H2,1-5H3. The normalized spacial score (nSPS) is 26.9. The largest absolute Gasteiger partial charge is 0.343 e. The van der Waals surface area contributed by atoms with Crippen molar-refractivity contribution in [2.45, 2.75) is 59.0 Å². The fourth-order valence-electron chi connectivity index (χ4n) is 2.39. The van der Waals surface area contributed by atoms with Crippen molar-refractivity contribution < 1.29 is 4.79 Å². The Bertz CT molecular complexity index is 253. The lowest BCUT2D eigenvalue weighted by Gasteiger charge is -2.33. The van der Waals surface area contributed by atoms with Gasteiger partial charge >= 0.3 is 0 Å². The van der Waals surface area contributed by atoms with Gasteiger partial charge in [0, 0.05) is 25.6 Å². The molecule has 1 saturated heterocycles. The molecule has 3 nitrogen and oxygen atoms in total. The lowest BCUT2D eigenvalue weighted by molar-refractivity contribution is -0.133. The van der Waals surface area contributed by atoms with Crippen LogP contribution in [0.25, 0.3) is 0 Å². The van der Waals surface area contributed by atoms with Crippen LogP contribution in [0, 0.1) is 11.8 Å². The Morgan fingerprint density at radius 2 is 2.06 bits per heavy atom. The molecule has 1 rings (SSSR count). The number of nitrogens with zero attached hydrogens (tertiary/aromatic N) is 1. The van der Waals surface area contributed by atoms with Gasteiger partial charge in [0.2, 0.25) is 5.91 Å². The Labute approximate surface area is 106 Å². The smallest absolute Gasteiger partial charge is 0.224 e. The SMILES string of the molecule is CC(C)C(C)N(C)C(=O)CC1NCCCC1C. The van der Waals surface area contributed by atoms with E-state index in [9.17, 15) is 4.79 Å². The highest BCUT2D eigenvalue weighted by Crippen LogP contribution is 2.19. The Hall–Kier alpha value is -0.570. The van der Waals surface area contributed by atoms with Crippen LogP contribution in [0.3, 0.4) is 0 Å². The van der Waals surface area contributed by atoms with E-state index in [1.165, 1.54) is 12.8 Å². The van der Waals surface area contributed by atoms with Crippen LogP contribution in [0.2, 0.25) is 0 Å². The van der Waals surface area contributed by atoms with Gasteiger partial charge in [-0.3, -0.25) is 4.79 Å². The zero-order valence-corrected chi connectivity index (χ0v) is 12.0. The zero-order valence-electron chi connectivity index (χ0n) is 12.0. The summed E-state index contributed by atoms with van der Waals surface area (Å²) < 4.78 is 0. The predicted octanol–water partition coefficient (Wildman–Crippen LogP) is 2.27. The van der Waals surface area contributed by atoms with Crippen molar-refractivity contribution in [1.29, 1.82) is 0 Å². The van der Waals surface area contributed by atoms with Crippen LogP contribution in [0.15, 0.2) is 0 Å². The number of hydrogen-bond donors (Lipinski definition) is 1. The number of nitrogens with one attached hydrogen (secondary N) is 1. The maximum absolute atomic E-state index is 12.2. The van der Waals surface area contributed by atoms with E-state index in [1.54, 1.807) is 0 Å². The van der Waals surface area contributed by atoms with E-state index in [0.29, 0.717) is 30.3 Å². The van der Waals surface area contributed by atoms with Gasteiger partial charge in [-0.1, -0.05) is 20.8 Å². The molecule has 0 aromatic carbocycles. The summed E-state index contributed by atoms with van der Waals surface area (Å²) in [4.78, 5) is 14.1. The third-order valence-corrected chi connectivity index (χ3v) is 4.29. The van der Waals surface area contributed by atoms with E-state index in [-0.39, 0.29) is 5.91 Å². The van der Waals surface area contributed by atoms with Gasteiger partial charge in [-0.25, -0.2) is 0 Å². The van der Waals surface area contributed by atoms with Crippen LogP contribution in [0.1, 0.15) is 47.0 Å². The number of rotatable bonds is 4. The minimum Gasteiger partial charge on any atom is -0.343 e. The number of amides is 1. The molecule has 0 aromatic heterocycles. The highest BCUT2D eigenvalue weighted by atomic mass is 16.2. The van der Waals surface area contributed by atoms with Gasteiger partial charge < -0.3 is 10.2 Å². The fourth-order valence-corrected chi connectivity index (χ4v) is 2.39. The van der Waals surface area contributed by atoms with Crippen molar-refractivity contribution in [3.05, 3.63) is 0 Å². The molecule has 1 fully saturated rings. The summed E-state index contributed by atoms with van der Waals surface area (Å²) >= 11 is 0. The highest BCUT2D eigenvalue weighted by Gasteiger charge is 2.26. The summed E-state index contributed by atoms with van der Waals surface area (Å²) in [5.74, 6) is 1.41. The summed E-state index contributed by atoms with van der Waals surface area (Å²) in [5, 5.41) is 3.48. The molecule has 1 amide bonds. The van der Waals surface area contributed by atoms with E-state index in [2.05, 4.69) is 33.0 Å². The van der Waals surface area contributed by atoms with Gasteiger partial charge in [0.25, 0.3) is 0 Å². The maximum Gasteiger partial charge on any atom is 0.224 e. The van der Waals surface area contributed by atoms with E-state index in [4.69, 9.17) is 0 Å². The molecule has 3 heteroatoms. The third-order valence-electron chi connectivity index (χ3n) is 4.29. The van der Waals surface area contributed by atoms with E-state index < -0.39 is 0 Å². The van der Waals surface area contributed by atoms with Crippen LogP contribution in [-0.2, 0) is 4.79 Å². The summed E-state index contributed by atoms with van der Waals surface area (Å²) in [5.41, 5.74) is 0. The number of piperidine rings is 1. The molecule has 17 heavy (non-hydrogen) atoms. The van der Waals surface area contributed by atoms with Crippen molar-refractivity contribution >= 4 is 5.91 Å². The molecule has 3 atom stereocenters. The van der Waals surface area contributed by atoms with Crippen molar-refractivity contribution in [2.75, 3.05) is 13.6 Å². The summed E-state index contributed by atoms with van der Waals surface area (Å²) in [7, 11) is 1.93. The Balaban J connectivity index is 2.47. The molecule has 1 N–H and O–H groups in total. The first-order valence-electron chi connectivity index (χ1n) is 6.92. The minimum atomic E-state index is 0.275. The molecule has 1 heterocycles. The van der Waals surface area contributed by atoms with Gasteiger partial charge in [-0.2, -0.15) is 0 Å². The Morgan fingerprint density at radius 3 is 2.59 bits per heavy atom. The van der Waals surface area contributed by atoms with Gasteiger partial charge in [0.1, 0.15) is 0 Å². The van der Waals surface area contributed by atoms with Crippen molar-refractivity contribution in [2.24, 2.45) is 11.8 Å². The van der Waals surface area contributed by atoms with Gasteiger partial charge in [-0.05, 0) is 38.1 Å². The van der Waals surface area contributed by atoms with Crippen LogP contribution in [0.4, 0.5) is 0 Å². The van der Waals surface area contributed by atoms with E-state index >= 15 is 0 Å². The molecule has 0 radical (unpaired) electrons. The second-order valence-electron chi connectivity index (χ2n) is 5.87. The molecule has 3 unspecified atom stereocenters. The van der Waals surface area contributed by atoms with Crippen molar-refractivity contribution in [3.63, 3.8) is 0 Å². The summed E-state index contributed by atoms with van der Waals surface area (Å²) in [6, 6.07) is 0.694. The lowest BCUT2D eigenvalue weighted by Crippen LogP contribution is -2.46. The maximum atomic E-state index is 12.2. The first-order chi connectivity index (χ1) is 7.93. The molecule has 1 aliphatic rings. The monoisotopic (exact) mass is 240 g/mol. The second-order valence-corrected chi connectivity index (χ2v) is 5.87. The van der Waals surface area contributed by atoms with Gasteiger partial charge in [0.15, 0.2) is 0 Å². The summed E-state index contributed by atoms with van der Waals surface area (Å²) in [6.07, 6.45) is 3.13. The average Bonchev–Trinajstić information content (AvgIpc) is 2.30. The quantitative estimate of drug-likeness (QED) is 0.817. The van der Waals surface area contributed by atoms with Crippen LogP contribution in [-0.4, -0.2) is 36.5 Å². The van der Waals surface area contributed by atoms with Gasteiger partial charge in [-0.15, -0.1) is 0 Å². The molecule has 0 saturated carbocycles. The average molecular weight is 240 g/mol. The molecule has 100 valence electrons. The molecule has 0 aromatic rings. The van der Waals surface area contributed by atoms with E-state index in [1.807, 2.05) is 11.9 Å². The highest BCUT2D eigenvalue weighted by molar-refractivity contribution is 5.76. The molecular weight excluding hydrogens is 212 g/mol. The van der Waals surface area contributed by atoms with Gasteiger partial charge in [0.05, 0.1) is 0 Å². The third kappa shape index (κ3) is 3.98. The van der Waals surface area contributed by atoms with Crippen molar-refractivity contribution in [3.8, 4) is 0 Å². The molecule has 0 bridgehead atoms. The summed E-state index contributed by atoms with van der Waals surface area (Å²) in [6.45, 7) is 9.76. The fraction of sp³-hybridized carbons (Fsp3) is 0.929. The predicted molar refractivity (Wildman–Crippen MR) is 71.9 cm³/mol. The second kappa shape index (κ2) is 6.39. The van der Waals surface area contributed by atoms with Crippen LogP contribution < -0.4 is 5.32 Å². The van der Waals surface area contributed by atoms with Crippen molar-refractivity contribution in [1.82, 2.24) is 10.2 Å². The topological polar surface area (TPSA) is 32.3 Å². The van der Waals surface area contributed by atoms with Crippen LogP contribution in [0.5, 0.6) is 0 Å². The zero-order chi connectivity index (χ0) is 13.0. The molecule has 0 spiro atoms. The first-order valence-corrected chi connectivity index (χ1v) is 6.92. The molecular formula is C14H28N2O.